The average Bonchev–Trinajstić information content (AvgIpc) is 2.66. The van der Waals surface area contributed by atoms with Gasteiger partial charge >= 0.3 is 18.9 Å². The summed E-state index contributed by atoms with van der Waals surface area (Å²) in [6, 6.07) is 3.12. The van der Waals surface area contributed by atoms with Gasteiger partial charge in [-0.15, -0.1) is 5.92 Å². The van der Waals surface area contributed by atoms with Crippen LogP contribution in [-0.2, 0) is 0 Å². The third-order valence-electron chi connectivity index (χ3n) is 2.10. The van der Waals surface area contributed by atoms with Crippen LogP contribution in [0.5, 0.6) is 0 Å². The minimum absolute atomic E-state index is 0. The van der Waals surface area contributed by atoms with Crippen LogP contribution in [0.2, 0.25) is 0 Å². The molecule has 16 heavy (non-hydrogen) atoms. The Morgan fingerprint density at radius 2 is 2.25 bits per heavy atom. The molecule has 1 aromatic carbocycles. The van der Waals surface area contributed by atoms with Crippen LogP contribution in [0, 0.1) is 11.8 Å². The molecular weight excluding hydrogens is 199 g/mol. The van der Waals surface area contributed by atoms with Crippen LogP contribution in [0.4, 0.5) is 0 Å². The predicted octanol–water partition coefficient (Wildman–Crippen LogP) is -2.70. The molecule has 5 heteroatoms. The average molecular weight is 206 g/mol. The van der Waals surface area contributed by atoms with Gasteiger partial charge in [-0.3, -0.25) is 5.10 Å². The van der Waals surface area contributed by atoms with E-state index in [2.05, 4.69) is 22.0 Å². The molecule has 74 valence electrons. The summed E-state index contributed by atoms with van der Waals surface area (Å²) >= 11 is 0. The number of H-pyrrole nitrogens is 1. The van der Waals surface area contributed by atoms with E-state index in [4.69, 9.17) is 0 Å². The summed E-state index contributed by atoms with van der Waals surface area (Å²) in [5.74, 6) is 4.42. The van der Waals surface area contributed by atoms with Gasteiger partial charge in [-0.2, -0.15) is 5.10 Å². The quantitative estimate of drug-likeness (QED) is 0.408. The largest absolute Gasteiger partial charge is 1.00 e. The van der Waals surface area contributed by atoms with Gasteiger partial charge in [0.1, 0.15) is 0 Å². The number of carbonyl (C=O) groups excluding carboxylic acids is 1. The normalized spacial score (nSPS) is 9.06. The summed E-state index contributed by atoms with van der Waals surface area (Å²) in [6.07, 6.45) is 1.56. The van der Waals surface area contributed by atoms with Gasteiger partial charge < -0.3 is 9.90 Å². The minimum Gasteiger partial charge on any atom is -0.545 e. The van der Waals surface area contributed by atoms with Gasteiger partial charge in [0.15, 0.2) is 0 Å². The van der Waals surface area contributed by atoms with Crippen LogP contribution >= 0.6 is 0 Å². The number of aromatic carboxylic acids is 1. The van der Waals surface area contributed by atoms with Crippen molar-refractivity contribution in [1.82, 2.24) is 10.2 Å². The van der Waals surface area contributed by atoms with Gasteiger partial charge in [0, 0.05) is 16.5 Å². The third-order valence-corrected chi connectivity index (χ3v) is 2.10. The Morgan fingerprint density at radius 3 is 2.88 bits per heavy atom. The van der Waals surface area contributed by atoms with E-state index in [-0.39, 0.29) is 24.4 Å². The molecular formula is C11H7LiN2O2. The smallest absolute Gasteiger partial charge is 0.545 e. The molecule has 0 saturated carbocycles. The van der Waals surface area contributed by atoms with Gasteiger partial charge in [0.05, 0.1) is 17.7 Å². The van der Waals surface area contributed by atoms with Crippen molar-refractivity contribution >= 4 is 16.9 Å². The monoisotopic (exact) mass is 206 g/mol. The maximum Gasteiger partial charge on any atom is 1.00 e. The van der Waals surface area contributed by atoms with E-state index in [1.807, 2.05) is 0 Å². The molecule has 0 unspecified atom stereocenters. The number of hydrogen-bond donors (Lipinski definition) is 1. The number of carboxylic acids is 1. The number of carbonyl (C=O) groups is 1. The van der Waals surface area contributed by atoms with Gasteiger partial charge in [-0.25, -0.2) is 0 Å². The van der Waals surface area contributed by atoms with Gasteiger partial charge in [-0.05, 0) is 19.1 Å². The Labute approximate surface area is 104 Å². The summed E-state index contributed by atoms with van der Waals surface area (Å²) in [6.45, 7) is 1.72. The molecule has 4 nitrogen and oxygen atoms in total. The Kier molecular flexibility index (Phi) is 3.79. The molecule has 0 bridgehead atoms. The zero-order chi connectivity index (χ0) is 10.8. The zero-order valence-corrected chi connectivity index (χ0v) is 9.00. The second kappa shape index (κ2) is 4.89. The van der Waals surface area contributed by atoms with E-state index in [1.54, 1.807) is 19.2 Å². The fourth-order valence-electron chi connectivity index (χ4n) is 1.45. The van der Waals surface area contributed by atoms with Crippen LogP contribution in [0.25, 0.3) is 10.9 Å². The maximum absolute atomic E-state index is 10.8. The van der Waals surface area contributed by atoms with Crippen molar-refractivity contribution in [3.05, 3.63) is 29.5 Å². The van der Waals surface area contributed by atoms with Gasteiger partial charge in [0.25, 0.3) is 0 Å². The van der Waals surface area contributed by atoms with Crippen LogP contribution in [0.15, 0.2) is 18.3 Å². The summed E-state index contributed by atoms with van der Waals surface area (Å²) in [7, 11) is 0. The molecule has 0 aliphatic rings. The fraction of sp³-hybridized carbons (Fsp3) is 0.0909. The van der Waals surface area contributed by atoms with Crippen molar-refractivity contribution in [3.8, 4) is 11.8 Å². The number of carboxylic acid groups (broad SMARTS) is 1. The number of nitrogens with one attached hydrogen (secondary N) is 1. The van der Waals surface area contributed by atoms with Gasteiger partial charge in [0.2, 0.25) is 0 Å². The SMILES string of the molecule is CC#Cc1ccc(C(=O)[O-])c2[nH]ncc12.[Li+]. The molecule has 1 aromatic heterocycles. The number of nitrogens with zero attached hydrogens (tertiary/aromatic N) is 1. The first-order chi connectivity index (χ1) is 7.24. The van der Waals surface area contributed by atoms with E-state index < -0.39 is 5.97 Å². The van der Waals surface area contributed by atoms with Crippen molar-refractivity contribution in [3.63, 3.8) is 0 Å². The molecule has 0 aliphatic carbocycles. The molecule has 0 amide bonds. The fourth-order valence-corrected chi connectivity index (χ4v) is 1.45. The van der Waals surface area contributed by atoms with Crippen molar-refractivity contribution in [2.75, 3.05) is 0 Å². The number of hydrogen-bond acceptors (Lipinski definition) is 3. The first-order valence-electron chi connectivity index (χ1n) is 4.34. The molecule has 0 spiro atoms. The molecule has 0 aliphatic heterocycles. The maximum atomic E-state index is 10.8. The summed E-state index contributed by atoms with van der Waals surface area (Å²) in [5.41, 5.74) is 1.31. The molecule has 0 saturated heterocycles. The van der Waals surface area contributed by atoms with E-state index in [0.717, 1.165) is 5.56 Å². The number of aromatic nitrogens is 2. The van der Waals surface area contributed by atoms with Crippen LogP contribution in [0.1, 0.15) is 22.8 Å². The number of fused-ring (bicyclic) bond motifs is 1. The van der Waals surface area contributed by atoms with E-state index >= 15 is 0 Å². The molecule has 2 rings (SSSR count). The van der Waals surface area contributed by atoms with E-state index in [9.17, 15) is 9.90 Å². The number of rotatable bonds is 1. The van der Waals surface area contributed by atoms with Crippen molar-refractivity contribution in [2.24, 2.45) is 0 Å². The summed E-state index contributed by atoms with van der Waals surface area (Å²) < 4.78 is 0. The third kappa shape index (κ3) is 1.97. The van der Waals surface area contributed by atoms with E-state index in [1.165, 1.54) is 6.07 Å². The Balaban J connectivity index is 0.00000128. The predicted molar refractivity (Wildman–Crippen MR) is 53.0 cm³/mol. The molecule has 0 fully saturated rings. The first-order valence-corrected chi connectivity index (χ1v) is 4.34. The summed E-state index contributed by atoms with van der Waals surface area (Å²) in [4.78, 5) is 10.8. The van der Waals surface area contributed by atoms with Crippen LogP contribution in [0.3, 0.4) is 0 Å². The molecule has 0 atom stereocenters. The second-order valence-corrected chi connectivity index (χ2v) is 2.98. The van der Waals surface area contributed by atoms with Crippen molar-refractivity contribution in [2.45, 2.75) is 6.92 Å². The van der Waals surface area contributed by atoms with Crippen LogP contribution < -0.4 is 24.0 Å². The van der Waals surface area contributed by atoms with E-state index in [0.29, 0.717) is 10.9 Å². The second-order valence-electron chi connectivity index (χ2n) is 2.98. The molecule has 0 radical (unpaired) electrons. The Morgan fingerprint density at radius 1 is 1.50 bits per heavy atom. The molecule has 1 N–H and O–H groups in total. The Hall–Kier alpha value is -1.68. The van der Waals surface area contributed by atoms with Crippen molar-refractivity contribution in [1.29, 1.82) is 0 Å². The first kappa shape index (κ1) is 12.4. The van der Waals surface area contributed by atoms with Crippen molar-refractivity contribution < 1.29 is 28.8 Å². The number of aromatic amines is 1. The number of benzene rings is 1. The zero-order valence-electron chi connectivity index (χ0n) is 9.00. The standard InChI is InChI=1S/C11H8N2O2.Li/c1-2-3-7-4-5-8(11(14)15)10-9(7)6-12-13-10;/h4-6H,1H3,(H,12,13)(H,14,15);/q;+1/p-1. The van der Waals surface area contributed by atoms with Gasteiger partial charge in [-0.1, -0.05) is 5.92 Å². The molecule has 2 aromatic rings. The topological polar surface area (TPSA) is 68.8 Å². The Bertz CT molecular complexity index is 593. The van der Waals surface area contributed by atoms with Crippen LogP contribution in [-0.4, -0.2) is 16.2 Å². The summed E-state index contributed by atoms with van der Waals surface area (Å²) in [5, 5.41) is 17.9. The molecule has 1 heterocycles. The minimum atomic E-state index is -1.22.